The lowest BCUT2D eigenvalue weighted by Crippen LogP contribution is -2.55. The van der Waals surface area contributed by atoms with E-state index in [-0.39, 0.29) is 37.5 Å². The molecule has 3 unspecified atom stereocenters. The maximum absolute atomic E-state index is 13.5. The summed E-state index contributed by atoms with van der Waals surface area (Å²) < 4.78 is 11.8. The molecule has 30 heavy (non-hydrogen) atoms. The Hall–Kier alpha value is -1.67. The van der Waals surface area contributed by atoms with Gasteiger partial charge in [0, 0.05) is 19.7 Å². The van der Waals surface area contributed by atoms with Crippen LogP contribution in [-0.4, -0.2) is 71.3 Å². The highest BCUT2D eigenvalue weighted by Crippen LogP contribution is 2.65. The summed E-state index contributed by atoms with van der Waals surface area (Å²) in [5.41, 5.74) is -1.87. The largest absolute Gasteiger partial charge is 0.466 e. The van der Waals surface area contributed by atoms with Gasteiger partial charge in [-0.3, -0.25) is 14.4 Å². The fourth-order valence-electron chi connectivity index (χ4n) is 5.79. The molecule has 2 N–H and O–H groups in total. The van der Waals surface area contributed by atoms with E-state index in [0.717, 1.165) is 19.3 Å². The minimum absolute atomic E-state index is 0.00383. The number of hydrogen-bond acceptors (Lipinski definition) is 6. The number of ether oxygens (including phenoxy) is 2. The number of fused-ring (bicyclic) bond motifs is 1. The molecule has 0 aliphatic carbocycles. The number of amides is 2. The lowest BCUT2D eigenvalue weighted by atomic mass is 9.62. The van der Waals surface area contributed by atoms with Crippen LogP contribution in [0.5, 0.6) is 0 Å². The highest BCUT2D eigenvalue weighted by Gasteiger charge is 2.80. The second-order valence-corrected chi connectivity index (χ2v) is 9.06. The van der Waals surface area contributed by atoms with Gasteiger partial charge in [-0.1, -0.05) is 26.7 Å². The monoisotopic (exact) mass is 424 g/mol. The number of aliphatic hydroxyl groups is 1. The summed E-state index contributed by atoms with van der Waals surface area (Å²) in [4.78, 5) is 41.2. The summed E-state index contributed by atoms with van der Waals surface area (Å²) in [7, 11) is 0. The Labute approximate surface area is 178 Å². The van der Waals surface area contributed by atoms with Crippen molar-refractivity contribution < 1.29 is 29.0 Å². The van der Waals surface area contributed by atoms with Crippen LogP contribution >= 0.6 is 0 Å². The number of nitrogens with one attached hydrogen (secondary N) is 1. The SMILES string of the molecule is CCCCCNC(=O)C1N(CCCO)C(=O)[C@@H]2[C@@H](C(=O)OCC)[C@]3(C)OC12CC3C. The molecule has 3 fully saturated rings. The molecule has 0 aromatic rings. The summed E-state index contributed by atoms with van der Waals surface area (Å²) in [6, 6.07) is -0.799. The standard InChI is InChI=1S/C22H36N2O6/c1-5-7-8-10-23-18(26)17-22-13-14(3)21(4,30-22)16(20(28)29-6-2)15(22)19(27)24(17)11-9-12-25/h14-17,25H,5-13H2,1-4H3,(H,23,26)/t14?,15-,16-,17?,21+,22?/m0/s1. The molecular weight excluding hydrogens is 388 g/mol. The molecule has 3 heterocycles. The fraction of sp³-hybridized carbons (Fsp3) is 0.864. The first kappa shape index (κ1) is 23.0. The van der Waals surface area contributed by atoms with Crippen molar-refractivity contribution in [2.45, 2.75) is 77.0 Å². The third-order valence-corrected chi connectivity index (χ3v) is 7.24. The number of hydrogen-bond donors (Lipinski definition) is 2. The van der Waals surface area contributed by atoms with E-state index in [1.165, 1.54) is 4.90 Å². The Morgan fingerprint density at radius 2 is 2.03 bits per heavy atom. The molecule has 2 amide bonds. The van der Waals surface area contributed by atoms with E-state index in [1.807, 2.05) is 13.8 Å². The molecule has 0 aromatic heterocycles. The van der Waals surface area contributed by atoms with E-state index in [1.54, 1.807) is 6.92 Å². The predicted molar refractivity (Wildman–Crippen MR) is 109 cm³/mol. The van der Waals surface area contributed by atoms with Crippen LogP contribution < -0.4 is 5.32 Å². The predicted octanol–water partition coefficient (Wildman–Crippen LogP) is 1.25. The Balaban J connectivity index is 1.95. The van der Waals surface area contributed by atoms with Crippen molar-refractivity contribution in [2.24, 2.45) is 17.8 Å². The maximum Gasteiger partial charge on any atom is 0.312 e. The van der Waals surface area contributed by atoms with Gasteiger partial charge in [0.15, 0.2) is 0 Å². The van der Waals surface area contributed by atoms with Crippen LogP contribution in [0, 0.1) is 17.8 Å². The summed E-state index contributed by atoms with van der Waals surface area (Å²) in [5, 5.41) is 12.3. The second-order valence-electron chi connectivity index (χ2n) is 9.06. The van der Waals surface area contributed by atoms with Crippen molar-refractivity contribution in [2.75, 3.05) is 26.3 Å². The number of rotatable bonds is 10. The maximum atomic E-state index is 13.5. The molecule has 6 atom stereocenters. The van der Waals surface area contributed by atoms with E-state index >= 15 is 0 Å². The normalized spacial score (nSPS) is 36.8. The van der Waals surface area contributed by atoms with E-state index in [0.29, 0.717) is 19.4 Å². The first-order valence-corrected chi connectivity index (χ1v) is 11.3. The zero-order valence-electron chi connectivity index (χ0n) is 18.6. The van der Waals surface area contributed by atoms with Gasteiger partial charge in [0.1, 0.15) is 17.6 Å². The highest BCUT2D eigenvalue weighted by atomic mass is 16.6. The van der Waals surface area contributed by atoms with Gasteiger partial charge in [-0.15, -0.1) is 0 Å². The molecule has 3 aliphatic heterocycles. The lowest BCUT2D eigenvalue weighted by molar-refractivity contribution is -0.161. The topological polar surface area (TPSA) is 105 Å². The van der Waals surface area contributed by atoms with Crippen molar-refractivity contribution in [3.63, 3.8) is 0 Å². The minimum atomic E-state index is -1.03. The van der Waals surface area contributed by atoms with Gasteiger partial charge in [0.05, 0.1) is 18.1 Å². The quantitative estimate of drug-likeness (QED) is 0.404. The summed E-state index contributed by atoms with van der Waals surface area (Å²) in [6.45, 7) is 8.66. The molecule has 3 rings (SSSR count). The highest BCUT2D eigenvalue weighted by molar-refractivity contribution is 5.98. The zero-order chi connectivity index (χ0) is 22.1. The average molecular weight is 425 g/mol. The fourth-order valence-corrected chi connectivity index (χ4v) is 5.79. The number of aliphatic hydroxyl groups excluding tert-OH is 1. The van der Waals surface area contributed by atoms with Crippen molar-refractivity contribution in [3.05, 3.63) is 0 Å². The van der Waals surface area contributed by atoms with E-state index < -0.39 is 35.0 Å². The summed E-state index contributed by atoms with van der Waals surface area (Å²) in [6.07, 6.45) is 3.84. The molecule has 0 radical (unpaired) electrons. The third-order valence-electron chi connectivity index (χ3n) is 7.24. The molecule has 0 saturated carbocycles. The van der Waals surface area contributed by atoms with Gasteiger partial charge < -0.3 is 24.8 Å². The van der Waals surface area contributed by atoms with Crippen LogP contribution in [0.3, 0.4) is 0 Å². The van der Waals surface area contributed by atoms with Gasteiger partial charge >= 0.3 is 5.97 Å². The number of likely N-dealkylation sites (tertiary alicyclic amines) is 1. The van der Waals surface area contributed by atoms with Gasteiger partial charge in [-0.05, 0) is 39.0 Å². The van der Waals surface area contributed by atoms with Crippen LogP contribution in [0.25, 0.3) is 0 Å². The van der Waals surface area contributed by atoms with Crippen LogP contribution in [0.1, 0.15) is 59.8 Å². The van der Waals surface area contributed by atoms with E-state index in [9.17, 15) is 19.5 Å². The second kappa shape index (κ2) is 8.83. The molecule has 8 nitrogen and oxygen atoms in total. The van der Waals surface area contributed by atoms with Crippen LogP contribution in [0.2, 0.25) is 0 Å². The number of esters is 1. The number of carbonyl (C=O) groups is 3. The van der Waals surface area contributed by atoms with Crippen LogP contribution in [0.15, 0.2) is 0 Å². The van der Waals surface area contributed by atoms with Gasteiger partial charge in [-0.25, -0.2) is 0 Å². The first-order valence-electron chi connectivity index (χ1n) is 11.3. The number of carbonyl (C=O) groups excluding carboxylic acids is 3. The molecule has 3 aliphatic rings. The minimum Gasteiger partial charge on any atom is -0.466 e. The van der Waals surface area contributed by atoms with Crippen molar-refractivity contribution in [3.8, 4) is 0 Å². The van der Waals surface area contributed by atoms with E-state index in [4.69, 9.17) is 9.47 Å². The zero-order valence-corrected chi connectivity index (χ0v) is 18.6. The van der Waals surface area contributed by atoms with Crippen molar-refractivity contribution >= 4 is 17.8 Å². The smallest absolute Gasteiger partial charge is 0.312 e. The molecule has 170 valence electrons. The molecule has 1 spiro atoms. The van der Waals surface area contributed by atoms with Crippen molar-refractivity contribution in [1.29, 1.82) is 0 Å². The summed E-state index contributed by atoms with van der Waals surface area (Å²) >= 11 is 0. The lowest BCUT2D eigenvalue weighted by Gasteiger charge is -2.35. The van der Waals surface area contributed by atoms with Gasteiger partial charge in [0.2, 0.25) is 11.8 Å². The molecule has 2 bridgehead atoms. The molecular formula is C22H36N2O6. The molecule has 0 aromatic carbocycles. The van der Waals surface area contributed by atoms with Crippen LogP contribution in [0.4, 0.5) is 0 Å². The van der Waals surface area contributed by atoms with Crippen molar-refractivity contribution in [1.82, 2.24) is 10.2 Å². The van der Waals surface area contributed by atoms with Crippen LogP contribution in [-0.2, 0) is 23.9 Å². The van der Waals surface area contributed by atoms with Gasteiger partial charge in [-0.2, -0.15) is 0 Å². The Bertz CT molecular complexity index is 685. The third kappa shape index (κ3) is 3.42. The Morgan fingerprint density at radius 1 is 1.30 bits per heavy atom. The molecule has 3 saturated heterocycles. The van der Waals surface area contributed by atoms with Gasteiger partial charge in [0.25, 0.3) is 0 Å². The van der Waals surface area contributed by atoms with E-state index in [2.05, 4.69) is 12.2 Å². The molecule has 8 heteroatoms. The number of nitrogens with zero attached hydrogens (tertiary/aromatic N) is 1. The Morgan fingerprint density at radius 3 is 2.67 bits per heavy atom. The Kier molecular flexibility index (Phi) is 6.77. The number of unbranched alkanes of at least 4 members (excludes halogenated alkanes) is 2. The average Bonchev–Trinajstić information content (AvgIpc) is 3.21. The first-order chi connectivity index (χ1) is 14.3. The summed E-state index contributed by atoms with van der Waals surface area (Å²) in [5.74, 6) is -2.38.